The number of alkyl halides is 3. The van der Waals surface area contributed by atoms with E-state index in [9.17, 15) is 18.0 Å². The zero-order chi connectivity index (χ0) is 20.2. The average molecular weight is 394 g/mol. The molecule has 0 radical (unpaired) electrons. The molecule has 10 heteroatoms. The summed E-state index contributed by atoms with van der Waals surface area (Å²) in [6.45, 7) is 6.78. The number of amides is 1. The summed E-state index contributed by atoms with van der Waals surface area (Å²) < 4.78 is 40.0. The van der Waals surface area contributed by atoms with E-state index in [1.807, 2.05) is 6.92 Å². The number of rotatable bonds is 2. The second-order valence-corrected chi connectivity index (χ2v) is 7.51. The van der Waals surface area contributed by atoms with Crippen LogP contribution in [0.5, 0.6) is 0 Å². The lowest BCUT2D eigenvalue weighted by atomic mass is 10.00. The molecule has 0 saturated heterocycles. The van der Waals surface area contributed by atoms with Crippen LogP contribution in [0, 0.1) is 0 Å². The van der Waals surface area contributed by atoms with Gasteiger partial charge in [-0.15, -0.1) is 0 Å². The fourth-order valence-corrected chi connectivity index (χ4v) is 3.82. The number of hydrogen-bond acceptors (Lipinski definition) is 5. The minimum Gasteiger partial charge on any atom is -0.327 e. The molecule has 0 saturated carbocycles. The predicted molar refractivity (Wildman–Crippen MR) is 93.4 cm³/mol. The molecule has 1 N–H and O–H groups in total. The molecule has 2 aromatic rings. The molecule has 4 heterocycles. The summed E-state index contributed by atoms with van der Waals surface area (Å²) in [5.41, 5.74) is 1.67. The summed E-state index contributed by atoms with van der Waals surface area (Å²) >= 11 is 0. The maximum atomic E-state index is 13.2. The highest BCUT2D eigenvalue weighted by molar-refractivity contribution is 5.95. The second kappa shape index (κ2) is 6.54. The topological polar surface area (TPSA) is 75.9 Å². The normalized spacial score (nSPS) is 23.4. The number of aromatic nitrogens is 4. The van der Waals surface area contributed by atoms with Gasteiger partial charge in [0, 0.05) is 31.1 Å². The van der Waals surface area contributed by atoms with Crippen LogP contribution in [0.1, 0.15) is 66.0 Å². The first kappa shape index (κ1) is 18.9. The van der Waals surface area contributed by atoms with Crippen molar-refractivity contribution in [3.63, 3.8) is 0 Å². The first-order chi connectivity index (χ1) is 13.2. The van der Waals surface area contributed by atoms with Crippen LogP contribution in [0.4, 0.5) is 13.2 Å². The third-order valence-electron chi connectivity index (χ3n) is 5.42. The Bertz CT molecular complexity index is 907. The molecule has 0 aromatic carbocycles. The van der Waals surface area contributed by atoms with Crippen molar-refractivity contribution in [2.45, 2.75) is 58.0 Å². The number of nitrogens with one attached hydrogen (secondary N) is 1. The largest absolute Gasteiger partial charge is 0.434 e. The predicted octanol–water partition coefficient (Wildman–Crippen LogP) is 2.50. The van der Waals surface area contributed by atoms with Gasteiger partial charge in [-0.05, 0) is 20.8 Å². The third kappa shape index (κ3) is 3.05. The molecule has 28 heavy (non-hydrogen) atoms. The van der Waals surface area contributed by atoms with Gasteiger partial charge >= 0.3 is 6.18 Å². The molecular weight excluding hydrogens is 373 g/mol. The SMILES string of the molecule is CC(c1cnc(C(F)(F)F)cn1)N1C[C@@H](C)n2nc3c(c2C1=O)CN[C@H](C)C3. The highest BCUT2D eigenvalue weighted by Gasteiger charge is 2.39. The third-order valence-corrected chi connectivity index (χ3v) is 5.42. The lowest BCUT2D eigenvalue weighted by molar-refractivity contribution is -0.141. The molecule has 0 bridgehead atoms. The van der Waals surface area contributed by atoms with Gasteiger partial charge in [-0.3, -0.25) is 14.5 Å². The van der Waals surface area contributed by atoms with Crippen molar-refractivity contribution < 1.29 is 18.0 Å². The van der Waals surface area contributed by atoms with Gasteiger partial charge in [0.15, 0.2) is 5.69 Å². The Kier molecular flexibility index (Phi) is 4.40. The molecule has 1 amide bonds. The minimum atomic E-state index is -4.54. The number of carbonyl (C=O) groups is 1. The summed E-state index contributed by atoms with van der Waals surface area (Å²) in [6.07, 6.45) is -1.98. The number of carbonyl (C=O) groups excluding carboxylic acids is 1. The molecule has 3 atom stereocenters. The summed E-state index contributed by atoms with van der Waals surface area (Å²) in [6, 6.07) is -0.245. The molecular formula is C18H21F3N6O. The molecule has 7 nitrogen and oxygen atoms in total. The van der Waals surface area contributed by atoms with Crippen LogP contribution in [0.2, 0.25) is 0 Å². The molecule has 0 fully saturated rings. The van der Waals surface area contributed by atoms with Crippen molar-refractivity contribution >= 4 is 5.91 Å². The van der Waals surface area contributed by atoms with Crippen molar-refractivity contribution in [1.29, 1.82) is 0 Å². The van der Waals surface area contributed by atoms with Gasteiger partial charge in [-0.25, -0.2) is 4.98 Å². The maximum Gasteiger partial charge on any atom is 0.434 e. The van der Waals surface area contributed by atoms with Gasteiger partial charge in [0.05, 0.1) is 35.9 Å². The molecule has 2 aliphatic heterocycles. The van der Waals surface area contributed by atoms with Crippen molar-refractivity contribution in [3.05, 3.63) is 40.7 Å². The Labute approximate surface area is 160 Å². The standard InChI is InChI=1S/C18H21F3N6O/c1-9-4-13-12(5-22-9)16-17(28)26(8-10(2)27(16)25-13)11(3)14-6-24-15(7-23-14)18(19,20)21/h6-7,9-11,22H,4-5,8H2,1-3H3/t9-,10-,11?/m1/s1. The van der Waals surface area contributed by atoms with E-state index in [-0.39, 0.29) is 11.9 Å². The summed E-state index contributed by atoms with van der Waals surface area (Å²) in [5, 5.41) is 8.01. The van der Waals surface area contributed by atoms with Crippen LogP contribution < -0.4 is 5.32 Å². The zero-order valence-corrected chi connectivity index (χ0v) is 15.8. The van der Waals surface area contributed by atoms with Crippen LogP contribution >= 0.6 is 0 Å². The van der Waals surface area contributed by atoms with Crippen LogP contribution in [0.25, 0.3) is 0 Å². The van der Waals surface area contributed by atoms with E-state index < -0.39 is 17.9 Å². The molecule has 2 aromatic heterocycles. The van der Waals surface area contributed by atoms with E-state index in [4.69, 9.17) is 0 Å². The summed E-state index contributed by atoms with van der Waals surface area (Å²) in [7, 11) is 0. The molecule has 0 aliphatic carbocycles. The average Bonchev–Trinajstić information content (AvgIpc) is 3.03. The maximum absolute atomic E-state index is 13.2. The molecule has 0 spiro atoms. The quantitative estimate of drug-likeness (QED) is 0.847. The van der Waals surface area contributed by atoms with E-state index in [2.05, 4.69) is 27.3 Å². The monoisotopic (exact) mass is 394 g/mol. The van der Waals surface area contributed by atoms with Crippen molar-refractivity contribution in [2.24, 2.45) is 0 Å². The Balaban J connectivity index is 1.64. The molecule has 2 aliphatic rings. The van der Waals surface area contributed by atoms with Crippen molar-refractivity contribution in [1.82, 2.24) is 30.0 Å². The number of fused-ring (bicyclic) bond motifs is 3. The Morgan fingerprint density at radius 2 is 2.00 bits per heavy atom. The smallest absolute Gasteiger partial charge is 0.327 e. The van der Waals surface area contributed by atoms with E-state index in [1.165, 1.54) is 0 Å². The van der Waals surface area contributed by atoms with Gasteiger partial charge in [0.25, 0.3) is 5.91 Å². The fourth-order valence-electron chi connectivity index (χ4n) is 3.82. The van der Waals surface area contributed by atoms with Crippen molar-refractivity contribution in [2.75, 3.05) is 6.54 Å². The Morgan fingerprint density at radius 1 is 1.25 bits per heavy atom. The zero-order valence-electron chi connectivity index (χ0n) is 15.8. The fraction of sp³-hybridized carbons (Fsp3) is 0.556. The first-order valence-electron chi connectivity index (χ1n) is 9.20. The minimum absolute atomic E-state index is 0.0431. The number of hydrogen-bond donors (Lipinski definition) is 1. The first-order valence-corrected chi connectivity index (χ1v) is 9.20. The van der Waals surface area contributed by atoms with Crippen LogP contribution in [-0.2, 0) is 19.1 Å². The van der Waals surface area contributed by atoms with E-state index in [0.717, 1.165) is 23.9 Å². The van der Waals surface area contributed by atoms with Gasteiger partial charge in [-0.2, -0.15) is 18.3 Å². The van der Waals surface area contributed by atoms with Crippen LogP contribution in [0.15, 0.2) is 12.4 Å². The lowest BCUT2D eigenvalue weighted by Crippen LogP contribution is -2.44. The second-order valence-electron chi connectivity index (χ2n) is 7.51. The molecule has 1 unspecified atom stereocenters. The van der Waals surface area contributed by atoms with E-state index >= 15 is 0 Å². The van der Waals surface area contributed by atoms with Gasteiger partial charge in [-0.1, -0.05) is 0 Å². The molecule has 4 rings (SSSR count). The van der Waals surface area contributed by atoms with Crippen LogP contribution in [-0.4, -0.2) is 43.1 Å². The van der Waals surface area contributed by atoms with E-state index in [0.29, 0.717) is 36.7 Å². The Hall–Kier alpha value is -2.49. The highest BCUT2D eigenvalue weighted by Crippen LogP contribution is 2.33. The van der Waals surface area contributed by atoms with Gasteiger partial charge in [0.2, 0.25) is 0 Å². The summed E-state index contributed by atoms with van der Waals surface area (Å²) in [4.78, 5) is 22.2. The highest BCUT2D eigenvalue weighted by atomic mass is 19.4. The van der Waals surface area contributed by atoms with Crippen LogP contribution in [0.3, 0.4) is 0 Å². The Morgan fingerprint density at radius 3 is 2.64 bits per heavy atom. The molecule has 150 valence electrons. The lowest BCUT2D eigenvalue weighted by Gasteiger charge is -2.36. The van der Waals surface area contributed by atoms with Gasteiger partial charge in [0.1, 0.15) is 5.69 Å². The van der Waals surface area contributed by atoms with E-state index in [1.54, 1.807) is 16.5 Å². The number of halogens is 3. The number of nitrogens with zero attached hydrogens (tertiary/aromatic N) is 5. The van der Waals surface area contributed by atoms with Gasteiger partial charge < -0.3 is 10.2 Å². The summed E-state index contributed by atoms with van der Waals surface area (Å²) in [5.74, 6) is -0.183. The van der Waals surface area contributed by atoms with Crippen molar-refractivity contribution in [3.8, 4) is 0 Å².